The number of benzene rings is 1. The molecule has 0 saturated carbocycles. The minimum Gasteiger partial charge on any atom is -0.207 e. The summed E-state index contributed by atoms with van der Waals surface area (Å²) in [4.78, 5) is 0.203. The lowest BCUT2D eigenvalue weighted by Crippen LogP contribution is -1.91. The van der Waals surface area contributed by atoms with Crippen LogP contribution in [0.4, 0.5) is 8.78 Å². The lowest BCUT2D eigenvalue weighted by Gasteiger charge is -2.03. The van der Waals surface area contributed by atoms with Crippen molar-refractivity contribution in [2.75, 3.05) is 0 Å². The van der Waals surface area contributed by atoms with E-state index in [2.05, 4.69) is 15.9 Å². The van der Waals surface area contributed by atoms with E-state index in [0.717, 1.165) is 11.6 Å². The molecule has 76 valence electrons. The van der Waals surface area contributed by atoms with Crippen LogP contribution in [-0.2, 0) is 0 Å². The first kappa shape index (κ1) is 11.4. The number of hydrogen-bond donors (Lipinski definition) is 0. The van der Waals surface area contributed by atoms with E-state index in [9.17, 15) is 8.78 Å². The maximum Gasteiger partial charge on any atom is 0.126 e. The highest BCUT2D eigenvalue weighted by Gasteiger charge is 2.01. The highest BCUT2D eigenvalue weighted by molar-refractivity contribution is 9.09. The maximum absolute atomic E-state index is 12.8. The fraction of sp³-hybridized carbons (Fsp3) is 0.273. The van der Waals surface area contributed by atoms with Crippen molar-refractivity contribution in [3.8, 4) is 0 Å². The van der Waals surface area contributed by atoms with Crippen LogP contribution in [0.25, 0.3) is 6.08 Å². The largest absolute Gasteiger partial charge is 0.207 e. The molecular weight excluding hydrogens is 250 g/mol. The monoisotopic (exact) mass is 260 g/mol. The molecule has 1 aromatic carbocycles. The van der Waals surface area contributed by atoms with E-state index in [1.165, 1.54) is 12.1 Å². The Bertz CT molecular complexity index is 336. The van der Waals surface area contributed by atoms with Crippen molar-refractivity contribution in [3.05, 3.63) is 41.0 Å². The van der Waals surface area contributed by atoms with Crippen molar-refractivity contribution >= 4 is 22.0 Å². The Kier molecular flexibility index (Phi) is 3.81. The quantitative estimate of drug-likeness (QED) is 0.701. The summed E-state index contributed by atoms with van der Waals surface area (Å²) in [6.45, 7) is 3.86. The average Bonchev–Trinajstić information content (AvgIpc) is 2.01. The number of alkyl halides is 1. The van der Waals surface area contributed by atoms with E-state index in [1.807, 2.05) is 13.8 Å². The first-order valence-corrected chi connectivity index (χ1v) is 5.19. The smallest absolute Gasteiger partial charge is 0.126 e. The summed E-state index contributed by atoms with van der Waals surface area (Å²) in [5.41, 5.74) is 1.57. The van der Waals surface area contributed by atoms with Crippen LogP contribution in [0.5, 0.6) is 0 Å². The predicted molar refractivity (Wildman–Crippen MR) is 58.4 cm³/mol. The van der Waals surface area contributed by atoms with Gasteiger partial charge in [0.2, 0.25) is 0 Å². The van der Waals surface area contributed by atoms with Gasteiger partial charge in [-0.25, -0.2) is 8.78 Å². The molecular formula is C11H11BrF2. The fourth-order valence-electron chi connectivity index (χ4n) is 1.04. The molecule has 0 spiro atoms. The van der Waals surface area contributed by atoms with Crippen LogP contribution in [-0.4, -0.2) is 4.83 Å². The van der Waals surface area contributed by atoms with Crippen molar-refractivity contribution in [2.24, 2.45) is 0 Å². The minimum atomic E-state index is -0.550. The summed E-state index contributed by atoms with van der Waals surface area (Å²) in [6, 6.07) is 3.48. The van der Waals surface area contributed by atoms with Gasteiger partial charge in [0.1, 0.15) is 11.6 Å². The van der Waals surface area contributed by atoms with Gasteiger partial charge in [0.15, 0.2) is 0 Å². The van der Waals surface area contributed by atoms with E-state index in [0.29, 0.717) is 5.56 Å². The molecule has 14 heavy (non-hydrogen) atoms. The van der Waals surface area contributed by atoms with Crippen molar-refractivity contribution in [3.63, 3.8) is 0 Å². The molecule has 0 aliphatic rings. The zero-order valence-electron chi connectivity index (χ0n) is 8.02. The van der Waals surface area contributed by atoms with Crippen molar-refractivity contribution in [1.29, 1.82) is 0 Å². The highest BCUT2D eigenvalue weighted by Crippen LogP contribution is 2.16. The van der Waals surface area contributed by atoms with E-state index >= 15 is 0 Å². The molecule has 3 heteroatoms. The first-order valence-electron chi connectivity index (χ1n) is 4.27. The summed E-state index contributed by atoms with van der Waals surface area (Å²) in [5.74, 6) is -1.10. The van der Waals surface area contributed by atoms with E-state index in [1.54, 1.807) is 6.08 Å². The SMILES string of the molecule is C/C(=C\c1cc(F)cc(F)c1)C(C)Br. The Morgan fingerprint density at radius 1 is 1.29 bits per heavy atom. The van der Waals surface area contributed by atoms with Gasteiger partial charge in [0, 0.05) is 10.9 Å². The Morgan fingerprint density at radius 2 is 1.79 bits per heavy atom. The van der Waals surface area contributed by atoms with Gasteiger partial charge < -0.3 is 0 Å². The standard InChI is InChI=1S/C11H11BrF2/c1-7(8(2)12)3-9-4-10(13)6-11(14)5-9/h3-6,8H,1-2H3/b7-3+. The van der Waals surface area contributed by atoms with Crippen LogP contribution in [0.1, 0.15) is 19.4 Å². The summed E-state index contributed by atoms with van der Waals surface area (Å²) in [5, 5.41) is 0. The van der Waals surface area contributed by atoms with Crippen LogP contribution in [0, 0.1) is 11.6 Å². The van der Waals surface area contributed by atoms with Gasteiger partial charge >= 0.3 is 0 Å². The molecule has 0 aliphatic carbocycles. The molecule has 1 unspecified atom stereocenters. The number of rotatable bonds is 2. The third-order valence-electron chi connectivity index (χ3n) is 1.91. The lowest BCUT2D eigenvalue weighted by atomic mass is 10.1. The summed E-state index contributed by atoms with van der Waals surface area (Å²) in [7, 11) is 0. The minimum absolute atomic E-state index is 0.203. The van der Waals surface area contributed by atoms with E-state index in [4.69, 9.17) is 0 Å². The van der Waals surface area contributed by atoms with Crippen LogP contribution in [0.3, 0.4) is 0 Å². The van der Waals surface area contributed by atoms with Crippen molar-refractivity contribution in [1.82, 2.24) is 0 Å². The normalized spacial score (nSPS) is 14.2. The summed E-state index contributed by atoms with van der Waals surface area (Å²) >= 11 is 3.38. The molecule has 0 heterocycles. The molecule has 0 N–H and O–H groups in total. The average molecular weight is 261 g/mol. The zero-order valence-corrected chi connectivity index (χ0v) is 9.61. The zero-order chi connectivity index (χ0) is 10.7. The molecule has 1 aromatic rings. The van der Waals surface area contributed by atoms with E-state index < -0.39 is 11.6 Å². The van der Waals surface area contributed by atoms with E-state index in [-0.39, 0.29) is 4.83 Å². The van der Waals surface area contributed by atoms with Gasteiger partial charge in [-0.05, 0) is 31.5 Å². The number of allylic oxidation sites excluding steroid dienone is 1. The number of hydrogen-bond acceptors (Lipinski definition) is 0. The second-order valence-corrected chi connectivity index (χ2v) is 4.58. The molecule has 0 saturated heterocycles. The molecule has 0 aromatic heterocycles. The third-order valence-corrected chi connectivity index (χ3v) is 2.63. The molecule has 1 rings (SSSR count). The molecule has 0 bridgehead atoms. The van der Waals surface area contributed by atoms with Gasteiger partial charge in [0.25, 0.3) is 0 Å². The summed E-state index contributed by atoms with van der Waals surface area (Å²) < 4.78 is 25.6. The Balaban J connectivity index is 3.02. The maximum atomic E-state index is 12.8. The molecule has 0 fully saturated rings. The number of halogens is 3. The van der Waals surface area contributed by atoms with Crippen molar-refractivity contribution < 1.29 is 8.78 Å². The van der Waals surface area contributed by atoms with Crippen LogP contribution < -0.4 is 0 Å². The van der Waals surface area contributed by atoms with Gasteiger partial charge in [-0.15, -0.1) is 0 Å². The molecule has 0 aliphatic heterocycles. The van der Waals surface area contributed by atoms with Crippen LogP contribution in [0.15, 0.2) is 23.8 Å². The summed E-state index contributed by atoms with van der Waals surface area (Å²) in [6.07, 6.45) is 1.76. The van der Waals surface area contributed by atoms with Gasteiger partial charge in [-0.1, -0.05) is 27.6 Å². The Morgan fingerprint density at radius 3 is 2.21 bits per heavy atom. The lowest BCUT2D eigenvalue weighted by molar-refractivity contribution is 0.583. The Hall–Kier alpha value is -0.700. The molecule has 0 radical (unpaired) electrons. The van der Waals surface area contributed by atoms with Gasteiger partial charge in [0.05, 0.1) is 0 Å². The highest BCUT2D eigenvalue weighted by atomic mass is 79.9. The first-order chi connectivity index (χ1) is 6.49. The van der Waals surface area contributed by atoms with Crippen molar-refractivity contribution in [2.45, 2.75) is 18.7 Å². The molecule has 0 amide bonds. The second kappa shape index (κ2) is 4.69. The van der Waals surface area contributed by atoms with Gasteiger partial charge in [-0.3, -0.25) is 0 Å². The topological polar surface area (TPSA) is 0 Å². The Labute approximate surface area is 90.8 Å². The third kappa shape index (κ3) is 3.22. The van der Waals surface area contributed by atoms with Crippen LogP contribution in [0.2, 0.25) is 0 Å². The van der Waals surface area contributed by atoms with Crippen LogP contribution >= 0.6 is 15.9 Å². The second-order valence-electron chi connectivity index (χ2n) is 3.21. The fourth-order valence-corrected chi connectivity index (χ4v) is 1.17. The molecule has 0 nitrogen and oxygen atoms in total. The molecule has 1 atom stereocenters. The predicted octanol–water partition coefficient (Wildman–Crippen LogP) is 4.15. The van der Waals surface area contributed by atoms with Gasteiger partial charge in [-0.2, -0.15) is 0 Å².